The molecule has 0 unspecified atom stereocenters. The summed E-state index contributed by atoms with van der Waals surface area (Å²) in [5, 5.41) is 3.48. The quantitative estimate of drug-likeness (QED) is 0.777. The lowest BCUT2D eigenvalue weighted by molar-refractivity contribution is 0.401. The van der Waals surface area contributed by atoms with Crippen LogP contribution < -0.4 is 10.2 Å². The molecule has 19 heavy (non-hydrogen) atoms. The molecule has 0 atom stereocenters. The number of hydrogen-bond acceptors (Lipinski definition) is 3. The Morgan fingerprint density at radius 3 is 2.47 bits per heavy atom. The Balaban J connectivity index is 2.50. The van der Waals surface area contributed by atoms with Gasteiger partial charge in [-0.1, -0.05) is 19.9 Å². The van der Waals surface area contributed by atoms with Crippen molar-refractivity contribution in [2.24, 2.45) is 5.92 Å². The van der Waals surface area contributed by atoms with E-state index in [4.69, 9.17) is 0 Å². The van der Waals surface area contributed by atoms with Crippen LogP contribution in [0.1, 0.15) is 20.3 Å². The van der Waals surface area contributed by atoms with Gasteiger partial charge in [-0.15, -0.1) is 0 Å². The van der Waals surface area contributed by atoms with Crippen LogP contribution in [0.3, 0.4) is 0 Å². The van der Waals surface area contributed by atoms with Crippen molar-refractivity contribution in [3.63, 3.8) is 0 Å². The van der Waals surface area contributed by atoms with E-state index in [1.54, 1.807) is 0 Å². The first-order valence-corrected chi connectivity index (χ1v) is 7.19. The largest absolute Gasteiger partial charge is 0.385 e. The predicted octanol–water partition coefficient (Wildman–Crippen LogP) is 3.14. The predicted molar refractivity (Wildman–Crippen MR) is 86.2 cm³/mol. The molecule has 0 aliphatic rings. The maximum absolute atomic E-state index is 3.48. The van der Waals surface area contributed by atoms with Crippen molar-refractivity contribution in [3.05, 3.63) is 24.3 Å². The standard InChI is InChI=1S/C16H29N3/c1-14(2)13-17-15-8-6-9-16(12-15)19(5)11-7-10-18(3)4/h6,8-9,12,14,17H,7,10-11,13H2,1-5H3. The maximum Gasteiger partial charge on any atom is 0.0384 e. The molecule has 0 bridgehead atoms. The minimum atomic E-state index is 0.668. The molecule has 0 saturated carbocycles. The SMILES string of the molecule is CC(C)CNc1cccc(N(C)CCCN(C)C)c1. The van der Waals surface area contributed by atoms with Crippen LogP contribution in [0.4, 0.5) is 11.4 Å². The first kappa shape index (κ1) is 15.8. The second kappa shape index (κ2) is 8.05. The van der Waals surface area contributed by atoms with Gasteiger partial charge in [0.2, 0.25) is 0 Å². The molecule has 0 heterocycles. The lowest BCUT2D eigenvalue weighted by Gasteiger charge is -2.21. The molecule has 1 aromatic rings. The lowest BCUT2D eigenvalue weighted by atomic mass is 10.2. The van der Waals surface area contributed by atoms with Gasteiger partial charge in [-0.25, -0.2) is 0 Å². The van der Waals surface area contributed by atoms with Gasteiger partial charge in [0.15, 0.2) is 0 Å². The van der Waals surface area contributed by atoms with E-state index in [1.807, 2.05) is 0 Å². The molecule has 3 heteroatoms. The van der Waals surface area contributed by atoms with E-state index >= 15 is 0 Å². The molecule has 3 nitrogen and oxygen atoms in total. The Bertz CT molecular complexity index is 361. The molecule has 0 aromatic heterocycles. The zero-order valence-electron chi connectivity index (χ0n) is 13.1. The zero-order chi connectivity index (χ0) is 14.3. The molecule has 0 amide bonds. The molecular formula is C16H29N3. The van der Waals surface area contributed by atoms with E-state index in [9.17, 15) is 0 Å². The fourth-order valence-corrected chi connectivity index (χ4v) is 1.93. The molecule has 0 spiro atoms. The average molecular weight is 263 g/mol. The van der Waals surface area contributed by atoms with Gasteiger partial charge in [0.1, 0.15) is 0 Å². The fourth-order valence-electron chi connectivity index (χ4n) is 1.93. The van der Waals surface area contributed by atoms with Crippen molar-refractivity contribution < 1.29 is 0 Å². The van der Waals surface area contributed by atoms with Gasteiger partial charge >= 0.3 is 0 Å². The summed E-state index contributed by atoms with van der Waals surface area (Å²) in [6, 6.07) is 8.67. The molecule has 0 aliphatic heterocycles. The Morgan fingerprint density at radius 2 is 1.84 bits per heavy atom. The highest BCUT2D eigenvalue weighted by molar-refractivity contribution is 5.57. The fraction of sp³-hybridized carbons (Fsp3) is 0.625. The van der Waals surface area contributed by atoms with Crippen LogP contribution >= 0.6 is 0 Å². The van der Waals surface area contributed by atoms with Crippen LogP contribution in [0.5, 0.6) is 0 Å². The van der Waals surface area contributed by atoms with E-state index < -0.39 is 0 Å². The summed E-state index contributed by atoms with van der Waals surface area (Å²) < 4.78 is 0. The summed E-state index contributed by atoms with van der Waals surface area (Å²) in [6.45, 7) is 7.70. The van der Waals surface area contributed by atoms with Crippen molar-refractivity contribution in [1.82, 2.24) is 4.90 Å². The lowest BCUT2D eigenvalue weighted by Crippen LogP contribution is -2.23. The zero-order valence-corrected chi connectivity index (χ0v) is 13.1. The van der Waals surface area contributed by atoms with Crippen LogP contribution in [-0.4, -0.2) is 45.7 Å². The number of anilines is 2. The Morgan fingerprint density at radius 1 is 1.11 bits per heavy atom. The summed E-state index contributed by atoms with van der Waals surface area (Å²) in [4.78, 5) is 4.55. The highest BCUT2D eigenvalue weighted by Gasteiger charge is 2.02. The minimum Gasteiger partial charge on any atom is -0.385 e. The first-order chi connectivity index (χ1) is 8.99. The monoisotopic (exact) mass is 263 g/mol. The van der Waals surface area contributed by atoms with Crippen molar-refractivity contribution >= 4 is 11.4 Å². The van der Waals surface area contributed by atoms with E-state index in [0.29, 0.717) is 5.92 Å². The third-order valence-electron chi connectivity index (χ3n) is 3.10. The van der Waals surface area contributed by atoms with Crippen molar-refractivity contribution in [2.75, 3.05) is 51.0 Å². The Kier molecular flexibility index (Phi) is 6.71. The van der Waals surface area contributed by atoms with E-state index in [1.165, 1.54) is 17.8 Å². The third kappa shape index (κ3) is 6.48. The van der Waals surface area contributed by atoms with Gasteiger partial charge in [-0.2, -0.15) is 0 Å². The summed E-state index contributed by atoms with van der Waals surface area (Å²) in [7, 11) is 6.41. The van der Waals surface area contributed by atoms with Crippen molar-refractivity contribution in [1.29, 1.82) is 0 Å². The van der Waals surface area contributed by atoms with E-state index in [0.717, 1.165) is 19.6 Å². The summed E-state index contributed by atoms with van der Waals surface area (Å²) in [5.74, 6) is 0.668. The molecule has 0 fully saturated rings. The summed E-state index contributed by atoms with van der Waals surface area (Å²) >= 11 is 0. The normalized spacial score (nSPS) is 11.1. The molecule has 1 N–H and O–H groups in total. The summed E-state index contributed by atoms with van der Waals surface area (Å²) in [5.41, 5.74) is 2.50. The molecular weight excluding hydrogens is 234 g/mol. The minimum absolute atomic E-state index is 0.668. The maximum atomic E-state index is 3.48. The highest BCUT2D eigenvalue weighted by atomic mass is 15.1. The van der Waals surface area contributed by atoms with Crippen LogP contribution in [0.25, 0.3) is 0 Å². The average Bonchev–Trinajstić information content (AvgIpc) is 2.36. The molecule has 108 valence electrons. The van der Waals surface area contributed by atoms with Crippen LogP contribution in [0.2, 0.25) is 0 Å². The molecule has 1 rings (SSSR count). The van der Waals surface area contributed by atoms with Crippen molar-refractivity contribution in [2.45, 2.75) is 20.3 Å². The molecule has 0 radical (unpaired) electrons. The first-order valence-electron chi connectivity index (χ1n) is 7.19. The van der Waals surface area contributed by atoms with E-state index in [-0.39, 0.29) is 0 Å². The van der Waals surface area contributed by atoms with Gasteiger partial charge in [-0.05, 0) is 51.2 Å². The van der Waals surface area contributed by atoms with Gasteiger partial charge in [0, 0.05) is 31.5 Å². The van der Waals surface area contributed by atoms with E-state index in [2.05, 4.69) is 74.4 Å². The number of nitrogens with zero attached hydrogens (tertiary/aromatic N) is 2. The number of rotatable bonds is 8. The molecule has 1 aromatic carbocycles. The summed E-state index contributed by atoms with van der Waals surface area (Å²) in [6.07, 6.45) is 1.19. The van der Waals surface area contributed by atoms with Crippen LogP contribution in [-0.2, 0) is 0 Å². The number of nitrogens with one attached hydrogen (secondary N) is 1. The second-order valence-electron chi connectivity index (χ2n) is 5.90. The van der Waals surface area contributed by atoms with Gasteiger partial charge in [0.25, 0.3) is 0 Å². The third-order valence-corrected chi connectivity index (χ3v) is 3.10. The van der Waals surface area contributed by atoms with Crippen LogP contribution in [0.15, 0.2) is 24.3 Å². The number of benzene rings is 1. The Labute approximate surface area is 118 Å². The van der Waals surface area contributed by atoms with Crippen LogP contribution in [0, 0.1) is 5.92 Å². The second-order valence-corrected chi connectivity index (χ2v) is 5.90. The van der Waals surface area contributed by atoms with Gasteiger partial charge < -0.3 is 15.1 Å². The molecule has 0 aliphatic carbocycles. The topological polar surface area (TPSA) is 18.5 Å². The smallest absolute Gasteiger partial charge is 0.0384 e. The Hall–Kier alpha value is -1.22. The van der Waals surface area contributed by atoms with Gasteiger partial charge in [-0.3, -0.25) is 0 Å². The molecule has 0 saturated heterocycles. The highest BCUT2D eigenvalue weighted by Crippen LogP contribution is 2.18. The van der Waals surface area contributed by atoms with Crippen molar-refractivity contribution in [3.8, 4) is 0 Å². The number of hydrogen-bond donors (Lipinski definition) is 1. The van der Waals surface area contributed by atoms with Gasteiger partial charge in [0.05, 0.1) is 0 Å².